The van der Waals surface area contributed by atoms with Gasteiger partial charge in [0.05, 0.1) is 5.56 Å². The topological polar surface area (TPSA) is 75.4 Å². The second-order valence-electron chi connectivity index (χ2n) is 6.66. The zero-order valence-corrected chi connectivity index (χ0v) is 15.1. The number of ketones is 2. The molecule has 0 amide bonds. The Balaban J connectivity index is 1.71. The van der Waals surface area contributed by atoms with Gasteiger partial charge < -0.3 is 16.0 Å². The van der Waals surface area contributed by atoms with Crippen LogP contribution in [0.3, 0.4) is 0 Å². The molecule has 0 unspecified atom stereocenters. The number of carbonyl (C=O) groups is 2. The van der Waals surface area contributed by atoms with Crippen molar-refractivity contribution in [3.63, 3.8) is 0 Å². The van der Waals surface area contributed by atoms with Crippen molar-refractivity contribution in [1.82, 2.24) is 4.90 Å². The Kier molecular flexibility index (Phi) is 5.81. The van der Waals surface area contributed by atoms with Gasteiger partial charge in [-0.05, 0) is 45.6 Å². The van der Waals surface area contributed by atoms with E-state index < -0.39 is 0 Å². The van der Waals surface area contributed by atoms with Crippen LogP contribution in [0.1, 0.15) is 44.7 Å². The highest BCUT2D eigenvalue weighted by Crippen LogP contribution is 2.31. The summed E-state index contributed by atoms with van der Waals surface area (Å²) < 4.78 is 0. The van der Waals surface area contributed by atoms with Crippen LogP contribution >= 0.6 is 0 Å². The van der Waals surface area contributed by atoms with Gasteiger partial charge >= 0.3 is 0 Å². The Bertz CT molecular complexity index is 817. The normalized spacial score (nSPS) is 12.9. The lowest BCUT2D eigenvalue weighted by atomic mass is 9.83. The number of carbonyl (C=O) groups excluding carboxylic acids is 2. The summed E-state index contributed by atoms with van der Waals surface area (Å²) in [4.78, 5) is 27.9. The van der Waals surface area contributed by atoms with Gasteiger partial charge in [-0.2, -0.15) is 0 Å². The molecule has 136 valence electrons. The lowest BCUT2D eigenvalue weighted by Gasteiger charge is -2.21. The fourth-order valence-electron chi connectivity index (χ4n) is 3.34. The number of hydrogen-bond acceptors (Lipinski definition) is 5. The molecule has 2 aromatic carbocycles. The molecule has 0 bridgehead atoms. The summed E-state index contributed by atoms with van der Waals surface area (Å²) in [5.41, 5.74) is 8.22. The summed E-state index contributed by atoms with van der Waals surface area (Å²) in [7, 11) is 2.08. The van der Waals surface area contributed by atoms with E-state index in [4.69, 9.17) is 5.73 Å². The zero-order chi connectivity index (χ0) is 18.5. The molecule has 3 rings (SSSR count). The van der Waals surface area contributed by atoms with E-state index in [1.807, 2.05) is 12.1 Å². The average Bonchev–Trinajstić information content (AvgIpc) is 2.67. The maximum absolute atomic E-state index is 12.9. The van der Waals surface area contributed by atoms with Crippen LogP contribution in [0.5, 0.6) is 0 Å². The SMILES string of the molecule is CN(CCCN)CCCNc1cccc2c1C(=O)c1ccccc1C2=O. The van der Waals surface area contributed by atoms with Gasteiger partial charge in [-0.15, -0.1) is 0 Å². The average molecular weight is 351 g/mol. The van der Waals surface area contributed by atoms with Crippen molar-refractivity contribution < 1.29 is 9.59 Å². The fraction of sp³-hybridized carbons (Fsp3) is 0.333. The number of benzene rings is 2. The van der Waals surface area contributed by atoms with E-state index in [0.29, 0.717) is 28.8 Å². The van der Waals surface area contributed by atoms with Crippen molar-refractivity contribution in [3.05, 3.63) is 64.7 Å². The van der Waals surface area contributed by atoms with Crippen LogP contribution in [0.4, 0.5) is 5.69 Å². The molecule has 0 atom stereocenters. The van der Waals surface area contributed by atoms with Gasteiger partial charge in [0.15, 0.2) is 11.6 Å². The van der Waals surface area contributed by atoms with Crippen molar-refractivity contribution in [3.8, 4) is 0 Å². The summed E-state index contributed by atoms with van der Waals surface area (Å²) in [6, 6.07) is 12.5. The molecule has 0 aromatic heterocycles. The molecule has 3 N–H and O–H groups in total. The van der Waals surface area contributed by atoms with Crippen molar-refractivity contribution >= 4 is 17.3 Å². The highest BCUT2D eigenvalue weighted by Gasteiger charge is 2.31. The van der Waals surface area contributed by atoms with Crippen LogP contribution in [0.15, 0.2) is 42.5 Å². The third kappa shape index (κ3) is 3.69. The molecule has 5 heteroatoms. The quantitative estimate of drug-likeness (QED) is 0.610. The van der Waals surface area contributed by atoms with E-state index in [1.165, 1.54) is 0 Å². The summed E-state index contributed by atoms with van der Waals surface area (Å²) in [5, 5.41) is 3.34. The third-order valence-corrected chi connectivity index (χ3v) is 4.73. The van der Waals surface area contributed by atoms with Crippen molar-refractivity contribution in [1.29, 1.82) is 0 Å². The molecule has 0 spiro atoms. The number of fused-ring (bicyclic) bond motifs is 2. The van der Waals surface area contributed by atoms with Gasteiger partial charge in [0.25, 0.3) is 0 Å². The van der Waals surface area contributed by atoms with E-state index in [9.17, 15) is 9.59 Å². The lowest BCUT2D eigenvalue weighted by Crippen LogP contribution is -2.25. The number of nitrogens with two attached hydrogens (primary N) is 1. The van der Waals surface area contributed by atoms with Gasteiger partial charge in [-0.1, -0.05) is 36.4 Å². The van der Waals surface area contributed by atoms with E-state index in [-0.39, 0.29) is 11.6 Å². The Labute approximate surface area is 154 Å². The van der Waals surface area contributed by atoms with Gasteiger partial charge in [0.1, 0.15) is 0 Å². The van der Waals surface area contributed by atoms with Crippen LogP contribution in [-0.2, 0) is 0 Å². The Morgan fingerprint density at radius 1 is 0.885 bits per heavy atom. The van der Waals surface area contributed by atoms with Crippen molar-refractivity contribution in [2.75, 3.05) is 38.5 Å². The van der Waals surface area contributed by atoms with E-state index in [1.54, 1.807) is 30.3 Å². The monoisotopic (exact) mass is 351 g/mol. The molecule has 0 heterocycles. The molecule has 1 aliphatic carbocycles. The molecule has 0 saturated carbocycles. The molecular formula is C21H25N3O2. The lowest BCUT2D eigenvalue weighted by molar-refractivity contribution is 0.0979. The molecule has 0 radical (unpaired) electrons. The zero-order valence-electron chi connectivity index (χ0n) is 15.1. The minimum Gasteiger partial charge on any atom is -0.384 e. The maximum Gasteiger partial charge on any atom is 0.196 e. The smallest absolute Gasteiger partial charge is 0.196 e. The molecule has 2 aromatic rings. The summed E-state index contributed by atoms with van der Waals surface area (Å²) >= 11 is 0. The predicted molar refractivity (Wildman–Crippen MR) is 104 cm³/mol. The number of nitrogens with one attached hydrogen (secondary N) is 1. The van der Waals surface area contributed by atoms with Gasteiger partial charge in [-0.3, -0.25) is 9.59 Å². The number of rotatable bonds is 8. The number of anilines is 1. The molecular weight excluding hydrogens is 326 g/mol. The van der Waals surface area contributed by atoms with Gasteiger partial charge in [0.2, 0.25) is 0 Å². The summed E-state index contributed by atoms with van der Waals surface area (Å²) in [6.45, 7) is 3.39. The van der Waals surface area contributed by atoms with E-state index in [2.05, 4.69) is 17.3 Å². The van der Waals surface area contributed by atoms with Crippen molar-refractivity contribution in [2.45, 2.75) is 12.8 Å². The predicted octanol–water partition coefficient (Wildman–Crippen LogP) is 2.54. The molecule has 1 aliphatic rings. The van der Waals surface area contributed by atoms with Crippen molar-refractivity contribution in [2.24, 2.45) is 5.73 Å². The first-order valence-electron chi connectivity index (χ1n) is 9.07. The molecule has 0 saturated heterocycles. The first kappa shape index (κ1) is 18.3. The van der Waals surface area contributed by atoms with E-state index in [0.717, 1.165) is 38.2 Å². The molecule has 26 heavy (non-hydrogen) atoms. The Morgan fingerprint density at radius 3 is 2.27 bits per heavy atom. The van der Waals surface area contributed by atoms with Gasteiger partial charge in [-0.25, -0.2) is 0 Å². The first-order valence-corrected chi connectivity index (χ1v) is 9.07. The molecule has 0 aliphatic heterocycles. The minimum atomic E-state index is -0.0848. The molecule has 0 fully saturated rings. The molecule has 5 nitrogen and oxygen atoms in total. The number of nitrogens with zero attached hydrogens (tertiary/aromatic N) is 1. The highest BCUT2D eigenvalue weighted by atomic mass is 16.1. The third-order valence-electron chi connectivity index (χ3n) is 4.73. The Morgan fingerprint density at radius 2 is 1.54 bits per heavy atom. The summed E-state index contributed by atoms with van der Waals surface area (Å²) in [5.74, 6) is -0.168. The number of hydrogen-bond donors (Lipinski definition) is 2. The first-order chi connectivity index (χ1) is 12.6. The second kappa shape index (κ2) is 8.25. The summed E-state index contributed by atoms with van der Waals surface area (Å²) in [6.07, 6.45) is 1.94. The van der Waals surface area contributed by atoms with Crippen LogP contribution in [0.25, 0.3) is 0 Å². The van der Waals surface area contributed by atoms with Crippen LogP contribution < -0.4 is 11.1 Å². The maximum atomic E-state index is 12.9. The van der Waals surface area contributed by atoms with Crippen LogP contribution in [0.2, 0.25) is 0 Å². The fourth-order valence-corrected chi connectivity index (χ4v) is 3.34. The van der Waals surface area contributed by atoms with E-state index >= 15 is 0 Å². The largest absolute Gasteiger partial charge is 0.384 e. The van der Waals surface area contributed by atoms with Gasteiger partial charge in [0, 0.05) is 28.9 Å². The Hall–Kier alpha value is -2.50. The minimum absolute atomic E-state index is 0.0830. The second-order valence-corrected chi connectivity index (χ2v) is 6.66. The van der Waals surface area contributed by atoms with Crippen LogP contribution in [0, 0.1) is 0 Å². The highest BCUT2D eigenvalue weighted by molar-refractivity contribution is 6.30. The van der Waals surface area contributed by atoms with Crippen LogP contribution in [-0.4, -0.2) is 49.7 Å². The standard InChI is InChI=1S/C21H25N3O2/c1-24(13-5-11-22)14-6-12-23-18-10-4-9-17-19(18)21(26)16-8-3-2-7-15(16)20(17)25/h2-4,7-10,23H,5-6,11-14,22H2,1H3.